The van der Waals surface area contributed by atoms with Gasteiger partial charge in [-0.2, -0.15) is 0 Å². The van der Waals surface area contributed by atoms with Crippen LogP contribution in [0.15, 0.2) is 66.4 Å². The number of nitrogens with zero attached hydrogens (tertiary/aromatic N) is 1. The molecule has 2 saturated heterocycles. The zero-order valence-corrected chi connectivity index (χ0v) is 21.4. The van der Waals surface area contributed by atoms with Crippen LogP contribution >= 0.6 is 23.2 Å². The van der Waals surface area contributed by atoms with Crippen molar-refractivity contribution < 1.29 is 22.6 Å². The van der Waals surface area contributed by atoms with E-state index in [9.17, 15) is 13.2 Å². The van der Waals surface area contributed by atoms with Gasteiger partial charge >= 0.3 is 6.36 Å². The normalized spacial score (nSPS) is 23.8. The minimum absolute atomic E-state index is 0.0364. The number of rotatable bonds is 4. The Morgan fingerprint density at radius 3 is 2.28 bits per heavy atom. The molecule has 9 heteroatoms. The Hall–Kier alpha value is -2.19. The number of allylic oxidation sites excluding steroid dienone is 2. The first kappa shape index (κ1) is 25.5. The highest BCUT2D eigenvalue weighted by Crippen LogP contribution is 2.51. The molecule has 1 N–H and O–H groups in total. The molecule has 4 nitrogen and oxygen atoms in total. The van der Waals surface area contributed by atoms with Crippen molar-refractivity contribution in [2.24, 2.45) is 0 Å². The third-order valence-corrected chi connectivity index (χ3v) is 7.98. The fraction of sp³-hybridized carbons (Fsp3) is 0.407. The molecule has 0 aromatic heterocycles. The molecule has 3 aliphatic rings. The van der Waals surface area contributed by atoms with Gasteiger partial charge in [-0.05, 0) is 86.0 Å². The maximum absolute atomic E-state index is 12.5. The standard InChI is InChI=1S/C27H27Cl2F3N2O2/c1-25(2,18-5-7-21(8-6-18)35-27(30,31)32)34-12-9-26(10-13-34)24-22(4-3-11-33-24)23(36-26)17-14-19(28)16-20(29)15-17/h3-8,11,14-16,23-24,33H,9-10,12-13H2,1-2H3. The van der Waals surface area contributed by atoms with Gasteiger partial charge < -0.3 is 14.8 Å². The summed E-state index contributed by atoms with van der Waals surface area (Å²) in [6, 6.07) is 11.7. The first-order valence-corrected chi connectivity index (χ1v) is 12.6. The molecule has 5 rings (SSSR count). The second-order valence-electron chi connectivity index (χ2n) is 10.0. The van der Waals surface area contributed by atoms with Crippen LogP contribution in [-0.2, 0) is 10.3 Å². The molecule has 2 aromatic carbocycles. The molecule has 1 spiro atoms. The van der Waals surface area contributed by atoms with Crippen molar-refractivity contribution in [3.05, 3.63) is 87.6 Å². The van der Waals surface area contributed by atoms with Crippen LogP contribution in [0.5, 0.6) is 5.75 Å². The largest absolute Gasteiger partial charge is 0.573 e. The van der Waals surface area contributed by atoms with E-state index in [1.165, 1.54) is 12.1 Å². The summed E-state index contributed by atoms with van der Waals surface area (Å²) in [4.78, 5) is 2.35. The Bertz CT molecular complexity index is 1170. The number of ether oxygens (including phenoxy) is 2. The Kier molecular flexibility index (Phi) is 6.56. The molecule has 0 amide bonds. The molecule has 2 atom stereocenters. The van der Waals surface area contributed by atoms with Crippen molar-refractivity contribution in [1.82, 2.24) is 10.2 Å². The summed E-state index contributed by atoms with van der Waals surface area (Å²) in [6.45, 7) is 5.71. The minimum Gasteiger partial charge on any atom is -0.406 e. The van der Waals surface area contributed by atoms with E-state index in [1.54, 1.807) is 18.2 Å². The fourth-order valence-corrected chi connectivity index (χ4v) is 6.20. The van der Waals surface area contributed by atoms with E-state index in [1.807, 2.05) is 24.4 Å². The van der Waals surface area contributed by atoms with Crippen molar-refractivity contribution in [2.75, 3.05) is 13.1 Å². The third kappa shape index (κ3) is 4.86. The lowest BCUT2D eigenvalue weighted by atomic mass is 9.79. The number of piperidine rings is 1. The van der Waals surface area contributed by atoms with Crippen LogP contribution in [0.4, 0.5) is 13.2 Å². The van der Waals surface area contributed by atoms with E-state index < -0.39 is 12.0 Å². The van der Waals surface area contributed by atoms with Gasteiger partial charge in [-0.25, -0.2) is 0 Å². The number of hydrogen-bond acceptors (Lipinski definition) is 4. The molecule has 2 fully saturated rings. The lowest BCUT2D eigenvalue weighted by Crippen LogP contribution is -2.57. The van der Waals surface area contributed by atoms with Gasteiger partial charge in [0.25, 0.3) is 0 Å². The van der Waals surface area contributed by atoms with Crippen molar-refractivity contribution in [3.8, 4) is 5.75 Å². The predicted molar refractivity (Wildman–Crippen MR) is 134 cm³/mol. The lowest BCUT2D eigenvalue weighted by molar-refractivity contribution is -0.274. The van der Waals surface area contributed by atoms with Gasteiger partial charge in [0.1, 0.15) is 11.9 Å². The molecule has 2 aromatic rings. The van der Waals surface area contributed by atoms with E-state index in [4.69, 9.17) is 27.9 Å². The minimum atomic E-state index is -4.70. The molecule has 3 aliphatic heterocycles. The van der Waals surface area contributed by atoms with Crippen molar-refractivity contribution >= 4 is 23.2 Å². The molecular formula is C27H27Cl2F3N2O2. The highest BCUT2D eigenvalue weighted by atomic mass is 35.5. The van der Waals surface area contributed by atoms with Crippen molar-refractivity contribution in [3.63, 3.8) is 0 Å². The summed E-state index contributed by atoms with van der Waals surface area (Å²) >= 11 is 12.6. The molecular weight excluding hydrogens is 512 g/mol. The lowest BCUT2D eigenvalue weighted by Gasteiger charge is -2.48. The predicted octanol–water partition coefficient (Wildman–Crippen LogP) is 7.15. The van der Waals surface area contributed by atoms with Gasteiger partial charge in [0.2, 0.25) is 0 Å². The number of hydrogen-bond donors (Lipinski definition) is 1. The van der Waals surface area contributed by atoms with E-state index in [0.717, 1.165) is 42.6 Å². The molecule has 36 heavy (non-hydrogen) atoms. The third-order valence-electron chi connectivity index (χ3n) is 7.54. The van der Waals surface area contributed by atoms with Gasteiger partial charge in [-0.15, -0.1) is 13.2 Å². The summed E-state index contributed by atoms with van der Waals surface area (Å²) in [5, 5.41) is 4.66. The van der Waals surface area contributed by atoms with Gasteiger partial charge in [0.05, 0.1) is 11.6 Å². The molecule has 0 radical (unpaired) electrons. The molecule has 0 saturated carbocycles. The molecule has 0 aliphatic carbocycles. The van der Waals surface area contributed by atoms with Gasteiger partial charge in [-0.1, -0.05) is 41.4 Å². The first-order valence-electron chi connectivity index (χ1n) is 11.8. The summed E-state index contributed by atoms with van der Waals surface area (Å²) in [5.41, 5.74) is 2.24. The fourth-order valence-electron chi connectivity index (χ4n) is 5.65. The van der Waals surface area contributed by atoms with E-state index >= 15 is 0 Å². The van der Waals surface area contributed by atoms with Gasteiger partial charge in [0, 0.05) is 28.7 Å². The molecule has 3 heterocycles. The number of fused-ring (bicyclic) bond motifs is 2. The molecule has 2 unspecified atom stereocenters. The summed E-state index contributed by atoms with van der Waals surface area (Å²) in [5.74, 6) is -0.220. The number of likely N-dealkylation sites (tertiary alicyclic amines) is 1. The summed E-state index contributed by atoms with van der Waals surface area (Å²) in [7, 11) is 0. The Balaban J connectivity index is 1.34. The summed E-state index contributed by atoms with van der Waals surface area (Å²) in [6.07, 6.45) is 2.67. The quantitative estimate of drug-likeness (QED) is 0.448. The summed E-state index contributed by atoms with van der Waals surface area (Å²) < 4.78 is 48.5. The average Bonchev–Trinajstić information content (AvgIpc) is 3.12. The van der Waals surface area contributed by atoms with Crippen molar-refractivity contribution in [1.29, 1.82) is 0 Å². The van der Waals surface area contributed by atoms with Crippen molar-refractivity contribution in [2.45, 2.75) is 56.3 Å². The molecule has 192 valence electrons. The van der Waals surface area contributed by atoms with Crippen LogP contribution in [0.25, 0.3) is 0 Å². The number of dihydropyridines is 1. The number of benzene rings is 2. The smallest absolute Gasteiger partial charge is 0.406 e. The van der Waals surface area contributed by atoms with Crippen LogP contribution in [0, 0.1) is 0 Å². The Morgan fingerprint density at radius 1 is 1.03 bits per heavy atom. The van der Waals surface area contributed by atoms with Crippen LogP contribution in [-0.4, -0.2) is 36.0 Å². The maximum atomic E-state index is 12.5. The number of nitrogens with one attached hydrogen (secondary N) is 1. The first-order chi connectivity index (χ1) is 17.0. The van der Waals surface area contributed by atoms with Crippen LogP contribution in [0.3, 0.4) is 0 Å². The van der Waals surface area contributed by atoms with Crippen LogP contribution < -0.4 is 10.1 Å². The SMILES string of the molecule is CC(C)(c1ccc(OC(F)(F)F)cc1)N1CCC2(CC1)OC(c1cc(Cl)cc(Cl)c1)C1=CC=CNC12. The molecule has 0 bridgehead atoms. The zero-order valence-electron chi connectivity index (χ0n) is 19.9. The van der Waals surface area contributed by atoms with Crippen LogP contribution in [0.1, 0.15) is 43.9 Å². The van der Waals surface area contributed by atoms with E-state index in [0.29, 0.717) is 10.0 Å². The Morgan fingerprint density at radius 2 is 1.67 bits per heavy atom. The maximum Gasteiger partial charge on any atom is 0.573 e. The van der Waals surface area contributed by atoms with Gasteiger partial charge in [-0.3, -0.25) is 4.90 Å². The highest BCUT2D eigenvalue weighted by Gasteiger charge is 2.54. The van der Waals surface area contributed by atoms with E-state index in [-0.39, 0.29) is 23.4 Å². The second kappa shape index (κ2) is 9.28. The Labute approximate surface area is 218 Å². The average molecular weight is 539 g/mol. The van der Waals surface area contributed by atoms with Crippen LogP contribution in [0.2, 0.25) is 10.0 Å². The van der Waals surface area contributed by atoms with E-state index in [2.05, 4.69) is 34.9 Å². The van der Waals surface area contributed by atoms with Gasteiger partial charge in [0.15, 0.2) is 0 Å². The number of halogens is 5. The number of alkyl halides is 3. The topological polar surface area (TPSA) is 33.7 Å². The second-order valence-corrected chi connectivity index (χ2v) is 10.9. The highest BCUT2D eigenvalue weighted by molar-refractivity contribution is 6.34. The monoisotopic (exact) mass is 538 g/mol. The zero-order chi connectivity index (χ0) is 25.7.